The molecule has 2 aromatic carbocycles. The van der Waals surface area contributed by atoms with E-state index in [1.54, 1.807) is 47.6 Å². The molecule has 5 N–H and O–H groups in total. The Morgan fingerprint density at radius 2 is 1.56 bits per heavy atom. The maximum absolute atomic E-state index is 14.8. The van der Waals surface area contributed by atoms with Gasteiger partial charge in [-0.25, -0.2) is 14.5 Å². The molecule has 306 valence electrons. The third-order valence-corrected chi connectivity index (χ3v) is 9.53. The molecule has 2 saturated heterocycles. The van der Waals surface area contributed by atoms with Crippen LogP contribution < -0.4 is 16.4 Å². The summed E-state index contributed by atoms with van der Waals surface area (Å²) in [5.74, 6) is -2.69. The van der Waals surface area contributed by atoms with Gasteiger partial charge >= 0.3 is 12.2 Å². The van der Waals surface area contributed by atoms with Crippen molar-refractivity contribution < 1.29 is 43.3 Å². The van der Waals surface area contributed by atoms with E-state index in [0.717, 1.165) is 20.7 Å². The first-order valence-corrected chi connectivity index (χ1v) is 19.1. The quantitative estimate of drug-likeness (QED) is 0.234. The van der Waals surface area contributed by atoms with E-state index in [1.165, 1.54) is 11.1 Å². The lowest BCUT2D eigenvalue weighted by Gasteiger charge is -2.32. The molecule has 16 nitrogen and oxygen atoms in total. The number of aliphatic hydroxyl groups excluding tert-OH is 1. The number of hydrogen-bond acceptors (Lipinski definition) is 11. The minimum Gasteiger partial charge on any atom is -0.444 e. The number of carbonyl (C=O) groups excluding carboxylic acids is 6. The minimum atomic E-state index is -1.36. The average molecular weight is 788 g/mol. The number of benzene rings is 2. The van der Waals surface area contributed by atoms with E-state index in [-0.39, 0.29) is 32.4 Å². The molecular weight excluding hydrogens is 734 g/mol. The largest absolute Gasteiger partial charge is 0.444 e. The summed E-state index contributed by atoms with van der Waals surface area (Å²) in [5, 5.41) is 17.2. The van der Waals surface area contributed by atoms with E-state index >= 15 is 0 Å². The normalized spacial score (nSPS) is 20.1. The summed E-state index contributed by atoms with van der Waals surface area (Å²) in [7, 11) is 0. The van der Waals surface area contributed by atoms with Crippen molar-refractivity contribution in [1.82, 2.24) is 25.0 Å². The lowest BCUT2D eigenvalue weighted by molar-refractivity contribution is -0.140. The number of fused-ring (bicyclic) bond motifs is 1. The number of aliphatic hydroxyl groups is 1. The van der Waals surface area contributed by atoms with Gasteiger partial charge in [-0.15, -0.1) is 0 Å². The van der Waals surface area contributed by atoms with Crippen LogP contribution in [0.5, 0.6) is 0 Å². The van der Waals surface area contributed by atoms with E-state index in [4.69, 9.17) is 15.2 Å². The molecule has 16 heteroatoms. The van der Waals surface area contributed by atoms with Crippen molar-refractivity contribution >= 4 is 52.4 Å². The zero-order valence-electron chi connectivity index (χ0n) is 33.3. The SMILES string of the molecule is CC(C)(C)OC(=O)N1C[C@H](N(C(=O)CN)C(=O)OC(C)(C)C)C[C@H]1C(=O)N1C[C@H](NC(=O)[C@H](O)CCc2ccccc2)C[C@H]1C(=O)Nc1cnc2ccccc2c1. The van der Waals surface area contributed by atoms with Crippen LogP contribution in [0, 0.1) is 0 Å². The first kappa shape index (κ1) is 42.5. The second-order valence-corrected chi connectivity index (χ2v) is 16.4. The number of hydrogen-bond donors (Lipinski definition) is 4. The van der Waals surface area contributed by atoms with Crippen LogP contribution in [-0.4, -0.2) is 122 Å². The Kier molecular flexibility index (Phi) is 13.2. The molecule has 5 rings (SSSR count). The van der Waals surface area contributed by atoms with E-state index < -0.39 is 83.8 Å². The van der Waals surface area contributed by atoms with Crippen LogP contribution in [-0.2, 0) is 35.1 Å². The van der Waals surface area contributed by atoms with E-state index in [2.05, 4.69) is 15.6 Å². The highest BCUT2D eigenvalue weighted by Crippen LogP contribution is 2.31. The summed E-state index contributed by atoms with van der Waals surface area (Å²) in [5.41, 5.74) is 5.79. The lowest BCUT2D eigenvalue weighted by atomic mass is 10.1. The standard InChI is InChI=1S/C41H53N7O9/c1-40(2,3)56-38(54)47-24-29(48(34(50)21-42)39(55)57-41(4,5)6)20-32(47)37(53)46-23-28(45-36(52)33(49)17-16-25-12-8-7-9-13-25)19-31(46)35(51)44-27-18-26-14-10-11-15-30(26)43-22-27/h7-15,18,22,28-29,31-33,49H,16-17,19-21,23-24,42H2,1-6H3,(H,44,51)(H,45,52)/t28-,29-,31+,32+,33-/m1/s1. The second kappa shape index (κ2) is 17.7. The molecule has 57 heavy (non-hydrogen) atoms. The number of imide groups is 1. The zero-order chi connectivity index (χ0) is 41.7. The maximum Gasteiger partial charge on any atom is 0.417 e. The van der Waals surface area contributed by atoms with Crippen molar-refractivity contribution in [1.29, 1.82) is 0 Å². The Labute approximate surface area is 332 Å². The van der Waals surface area contributed by atoms with Gasteiger partial charge in [0.25, 0.3) is 0 Å². The first-order valence-electron chi connectivity index (χ1n) is 19.1. The number of anilines is 1. The number of nitrogens with two attached hydrogens (primary N) is 1. The molecule has 0 aliphatic carbocycles. The molecule has 3 aromatic rings. The van der Waals surface area contributed by atoms with Crippen molar-refractivity contribution in [3.63, 3.8) is 0 Å². The van der Waals surface area contributed by atoms with Crippen molar-refractivity contribution in [2.75, 3.05) is 25.0 Å². The molecule has 1 aromatic heterocycles. The Bertz CT molecular complexity index is 1960. The van der Waals surface area contributed by atoms with Crippen LogP contribution in [0.3, 0.4) is 0 Å². The molecule has 0 radical (unpaired) electrons. The van der Waals surface area contributed by atoms with Crippen LogP contribution in [0.15, 0.2) is 66.9 Å². The van der Waals surface area contributed by atoms with E-state index in [9.17, 15) is 33.9 Å². The van der Waals surface area contributed by atoms with Crippen molar-refractivity contribution in [3.05, 3.63) is 72.4 Å². The minimum absolute atomic E-state index is 0.0198. The Morgan fingerprint density at radius 3 is 2.23 bits per heavy atom. The number of aromatic nitrogens is 1. The topological polar surface area (TPSA) is 214 Å². The number of nitrogens with zero attached hydrogens (tertiary/aromatic N) is 4. The van der Waals surface area contributed by atoms with Crippen LogP contribution >= 0.6 is 0 Å². The van der Waals surface area contributed by atoms with Gasteiger partial charge in [0.1, 0.15) is 29.4 Å². The van der Waals surface area contributed by atoms with Gasteiger partial charge in [-0.2, -0.15) is 0 Å². The molecule has 0 saturated carbocycles. The molecular formula is C41H53N7O9. The number of para-hydroxylation sites is 1. The van der Waals surface area contributed by atoms with E-state index in [0.29, 0.717) is 17.6 Å². The Hall–Kier alpha value is -5.61. The highest BCUT2D eigenvalue weighted by molar-refractivity contribution is 6.00. The Balaban J connectivity index is 1.43. The first-order chi connectivity index (χ1) is 26.8. The van der Waals surface area contributed by atoms with Gasteiger partial charge in [0.15, 0.2) is 0 Å². The van der Waals surface area contributed by atoms with E-state index in [1.807, 2.05) is 54.6 Å². The lowest BCUT2D eigenvalue weighted by Crippen LogP contribution is -2.53. The molecule has 2 aliphatic heterocycles. The number of aryl methyl sites for hydroxylation is 1. The molecule has 2 aliphatic rings. The van der Waals surface area contributed by atoms with Gasteiger partial charge in [0.2, 0.25) is 23.6 Å². The average Bonchev–Trinajstić information content (AvgIpc) is 3.78. The van der Waals surface area contributed by atoms with Crippen molar-refractivity contribution in [3.8, 4) is 0 Å². The van der Waals surface area contributed by atoms with Gasteiger partial charge in [0, 0.05) is 24.5 Å². The fourth-order valence-corrected chi connectivity index (χ4v) is 6.99. The third kappa shape index (κ3) is 11.0. The van der Waals surface area contributed by atoms with Gasteiger partial charge in [-0.05, 0) is 84.9 Å². The number of pyridine rings is 1. The molecule has 5 atom stereocenters. The summed E-state index contributed by atoms with van der Waals surface area (Å²) < 4.78 is 11.2. The molecule has 0 bridgehead atoms. The molecule has 3 heterocycles. The monoisotopic (exact) mass is 787 g/mol. The second-order valence-electron chi connectivity index (χ2n) is 16.4. The molecule has 0 spiro atoms. The summed E-state index contributed by atoms with van der Waals surface area (Å²) in [4.78, 5) is 90.1. The van der Waals surface area contributed by atoms with Crippen LogP contribution in [0.1, 0.15) is 66.4 Å². The summed E-state index contributed by atoms with van der Waals surface area (Å²) in [6, 6.07) is 14.2. The van der Waals surface area contributed by atoms with Gasteiger partial charge in [-0.3, -0.25) is 29.1 Å². The predicted octanol–water partition coefficient (Wildman–Crippen LogP) is 3.35. The van der Waals surface area contributed by atoms with Crippen molar-refractivity contribution in [2.24, 2.45) is 5.73 Å². The van der Waals surface area contributed by atoms with Gasteiger partial charge in [-0.1, -0.05) is 48.5 Å². The maximum atomic E-state index is 14.8. The number of rotatable bonds is 10. The number of amides is 6. The molecule has 0 unspecified atom stereocenters. The van der Waals surface area contributed by atoms with Crippen molar-refractivity contribution in [2.45, 2.75) is 109 Å². The summed E-state index contributed by atoms with van der Waals surface area (Å²) in [6.45, 7) is 8.90. The third-order valence-electron chi connectivity index (χ3n) is 9.53. The van der Waals surface area contributed by atoms with Crippen LogP contribution in [0.25, 0.3) is 10.9 Å². The smallest absolute Gasteiger partial charge is 0.417 e. The molecule has 6 amide bonds. The zero-order valence-corrected chi connectivity index (χ0v) is 33.3. The number of likely N-dealkylation sites (tertiary alicyclic amines) is 2. The fourth-order valence-electron chi connectivity index (χ4n) is 6.99. The summed E-state index contributed by atoms with van der Waals surface area (Å²) in [6.07, 6.45) is -1.36. The highest BCUT2D eigenvalue weighted by atomic mass is 16.6. The summed E-state index contributed by atoms with van der Waals surface area (Å²) >= 11 is 0. The number of nitrogens with one attached hydrogen (secondary N) is 2. The Morgan fingerprint density at radius 1 is 0.895 bits per heavy atom. The number of carbonyl (C=O) groups is 6. The fraction of sp³-hybridized carbons (Fsp3) is 0.488. The van der Waals surface area contributed by atoms with Gasteiger partial charge < -0.3 is 35.8 Å². The highest BCUT2D eigenvalue weighted by Gasteiger charge is 2.51. The number of ether oxygens (including phenoxy) is 2. The predicted molar refractivity (Wildman–Crippen MR) is 210 cm³/mol. The van der Waals surface area contributed by atoms with Gasteiger partial charge in [0.05, 0.1) is 30.0 Å². The van der Waals surface area contributed by atoms with Crippen LogP contribution in [0.2, 0.25) is 0 Å². The van der Waals surface area contributed by atoms with Crippen LogP contribution in [0.4, 0.5) is 15.3 Å². The molecule has 2 fully saturated rings.